The zero-order valence-electron chi connectivity index (χ0n) is 19.8. The highest BCUT2D eigenvalue weighted by molar-refractivity contribution is 5.68. The number of hydrogen-bond acceptors (Lipinski definition) is 5. The molecule has 0 atom stereocenters. The summed E-state index contributed by atoms with van der Waals surface area (Å²) >= 11 is 0. The number of aryl methyl sites for hydroxylation is 1. The number of rotatable bonds is 5. The number of carboxylic acid groups (broad SMARTS) is 1. The summed E-state index contributed by atoms with van der Waals surface area (Å²) in [5, 5.41) is 14.2. The van der Waals surface area contributed by atoms with E-state index in [1.165, 1.54) is 11.1 Å². The highest BCUT2D eigenvalue weighted by Gasteiger charge is 2.49. The van der Waals surface area contributed by atoms with Crippen LogP contribution in [0.2, 0.25) is 0 Å². The predicted octanol–water partition coefficient (Wildman–Crippen LogP) is 5.99. The van der Waals surface area contributed by atoms with E-state index in [4.69, 9.17) is 4.52 Å². The molecule has 1 amide bonds. The van der Waals surface area contributed by atoms with E-state index in [0.717, 1.165) is 48.9 Å². The molecule has 1 aliphatic heterocycles. The molecule has 2 aliphatic rings. The molecule has 1 saturated carbocycles. The van der Waals surface area contributed by atoms with Crippen molar-refractivity contribution in [1.82, 2.24) is 15.0 Å². The molecule has 1 saturated heterocycles. The van der Waals surface area contributed by atoms with Crippen molar-refractivity contribution >= 4 is 11.9 Å². The van der Waals surface area contributed by atoms with Crippen molar-refractivity contribution < 1.29 is 27.6 Å². The zero-order chi connectivity index (χ0) is 25.5. The Kier molecular flexibility index (Phi) is 6.13. The Morgan fingerprint density at radius 2 is 1.89 bits per heavy atom. The van der Waals surface area contributed by atoms with Gasteiger partial charge in [-0.05, 0) is 50.2 Å². The van der Waals surface area contributed by atoms with Crippen LogP contribution in [-0.4, -0.2) is 45.4 Å². The van der Waals surface area contributed by atoms with Crippen LogP contribution >= 0.6 is 0 Å². The van der Waals surface area contributed by atoms with Crippen LogP contribution in [0, 0.1) is 12.3 Å². The van der Waals surface area contributed by atoms with Gasteiger partial charge in [-0.2, -0.15) is 13.2 Å². The highest BCUT2D eigenvalue weighted by Crippen LogP contribution is 2.51. The lowest BCUT2D eigenvalue weighted by atomic mass is 9.60. The van der Waals surface area contributed by atoms with E-state index in [9.17, 15) is 23.1 Å². The van der Waals surface area contributed by atoms with Crippen molar-refractivity contribution in [3.05, 3.63) is 65.5 Å². The van der Waals surface area contributed by atoms with Crippen molar-refractivity contribution in [2.24, 2.45) is 5.41 Å². The smallest absolute Gasteiger partial charge is 0.416 e. The van der Waals surface area contributed by atoms with E-state index < -0.39 is 17.8 Å². The predicted molar refractivity (Wildman–Crippen MR) is 126 cm³/mol. The Hall–Kier alpha value is -3.56. The molecule has 1 spiro atoms. The first-order valence-electron chi connectivity index (χ1n) is 11.9. The molecule has 190 valence electrons. The molecule has 2 aromatic heterocycles. The minimum absolute atomic E-state index is 0.00244. The number of hydrogen-bond donors (Lipinski definition) is 1. The topological polar surface area (TPSA) is 82.7 Å². The van der Waals surface area contributed by atoms with Gasteiger partial charge in [0.05, 0.1) is 12.1 Å². The van der Waals surface area contributed by atoms with Crippen LogP contribution in [0.5, 0.6) is 0 Å². The fraction of sp³-hybridized carbons (Fsp3) is 0.423. The summed E-state index contributed by atoms with van der Waals surface area (Å²) in [7, 11) is 0. The number of benzene rings is 1. The van der Waals surface area contributed by atoms with E-state index >= 15 is 0 Å². The Bertz CT molecular complexity index is 1230. The first-order chi connectivity index (χ1) is 17.2. The van der Waals surface area contributed by atoms with Gasteiger partial charge in [-0.1, -0.05) is 35.5 Å². The van der Waals surface area contributed by atoms with Crippen LogP contribution in [0.4, 0.5) is 23.8 Å². The summed E-state index contributed by atoms with van der Waals surface area (Å²) in [4.78, 5) is 19.7. The number of aromatic nitrogens is 2. The van der Waals surface area contributed by atoms with Crippen LogP contribution in [-0.2, 0) is 12.7 Å². The van der Waals surface area contributed by atoms with Crippen molar-refractivity contribution in [1.29, 1.82) is 0 Å². The maximum Gasteiger partial charge on any atom is 0.416 e. The number of pyridine rings is 1. The van der Waals surface area contributed by atoms with Crippen LogP contribution in [0.3, 0.4) is 0 Å². The quantitative estimate of drug-likeness (QED) is 0.463. The monoisotopic (exact) mass is 500 g/mol. The Balaban J connectivity index is 1.24. The molecular formula is C26H27F3N4O3. The zero-order valence-corrected chi connectivity index (χ0v) is 19.8. The number of piperidine rings is 1. The van der Waals surface area contributed by atoms with E-state index in [0.29, 0.717) is 30.4 Å². The van der Waals surface area contributed by atoms with Crippen molar-refractivity contribution in [3.63, 3.8) is 0 Å². The van der Waals surface area contributed by atoms with Gasteiger partial charge in [0.25, 0.3) is 0 Å². The van der Waals surface area contributed by atoms with Gasteiger partial charge in [0.1, 0.15) is 17.3 Å². The minimum Gasteiger partial charge on any atom is -0.465 e. The summed E-state index contributed by atoms with van der Waals surface area (Å²) in [6.07, 6.45) is -1.16. The lowest BCUT2D eigenvalue weighted by molar-refractivity contribution is -0.137. The Morgan fingerprint density at radius 1 is 1.19 bits per heavy atom. The van der Waals surface area contributed by atoms with E-state index in [-0.39, 0.29) is 18.0 Å². The molecule has 3 aromatic rings. The van der Waals surface area contributed by atoms with Gasteiger partial charge in [-0.3, -0.25) is 0 Å². The van der Waals surface area contributed by atoms with Gasteiger partial charge in [0, 0.05) is 36.5 Å². The molecule has 10 heteroatoms. The summed E-state index contributed by atoms with van der Waals surface area (Å²) in [6, 6.07) is 11.5. The van der Waals surface area contributed by atoms with Crippen molar-refractivity contribution in [3.8, 4) is 11.3 Å². The second-order valence-electron chi connectivity index (χ2n) is 9.79. The van der Waals surface area contributed by atoms with E-state index in [1.54, 1.807) is 6.92 Å². The first-order valence-corrected chi connectivity index (χ1v) is 11.9. The van der Waals surface area contributed by atoms with Gasteiger partial charge < -0.3 is 19.4 Å². The molecule has 0 bridgehead atoms. The number of halogens is 3. The fourth-order valence-electron chi connectivity index (χ4n) is 5.47. The van der Waals surface area contributed by atoms with E-state index in [1.807, 2.05) is 35.2 Å². The first kappa shape index (κ1) is 24.1. The van der Waals surface area contributed by atoms with Gasteiger partial charge >= 0.3 is 12.3 Å². The van der Waals surface area contributed by atoms with E-state index in [2.05, 4.69) is 10.1 Å². The van der Waals surface area contributed by atoms with Crippen LogP contribution in [0.25, 0.3) is 11.3 Å². The average Bonchev–Trinajstić information content (AvgIpc) is 3.21. The number of carbonyl (C=O) groups is 1. The molecule has 1 N–H and O–H groups in total. The molecule has 5 rings (SSSR count). The summed E-state index contributed by atoms with van der Waals surface area (Å²) in [5.41, 5.74) is 1.58. The second kappa shape index (κ2) is 9.15. The number of nitrogens with zero attached hydrogens (tertiary/aromatic N) is 4. The molecule has 1 aromatic carbocycles. The van der Waals surface area contributed by atoms with Crippen molar-refractivity contribution in [2.45, 2.75) is 51.4 Å². The van der Waals surface area contributed by atoms with Gasteiger partial charge in [0.2, 0.25) is 0 Å². The highest BCUT2D eigenvalue weighted by atomic mass is 19.4. The van der Waals surface area contributed by atoms with Crippen LogP contribution in [0.15, 0.2) is 53.2 Å². The summed E-state index contributed by atoms with van der Waals surface area (Å²) in [6.45, 7) is 3.17. The molecule has 0 unspecified atom stereocenters. The summed E-state index contributed by atoms with van der Waals surface area (Å²) < 4.78 is 44.6. The lowest BCUT2D eigenvalue weighted by Gasteiger charge is -2.54. The standard InChI is InChI=1S/C26H27F3N4O3/c1-17-21(23(31-36-17)18-5-3-2-4-6-18)16-33(24(34)35)20-14-25(15-20)8-11-32(12-9-25)22-13-19(7-10-30-22)26(27,28)29/h2-7,10,13,20H,8-9,11-12,14-16H2,1H3,(H,34,35). The maximum absolute atomic E-state index is 13.1. The lowest BCUT2D eigenvalue weighted by Crippen LogP contribution is -2.56. The van der Waals surface area contributed by atoms with Crippen molar-refractivity contribution in [2.75, 3.05) is 18.0 Å². The minimum atomic E-state index is -4.40. The molecule has 2 fully saturated rings. The third-order valence-electron chi connectivity index (χ3n) is 7.61. The maximum atomic E-state index is 13.1. The number of anilines is 1. The number of amides is 1. The molecule has 3 heterocycles. The normalized spacial score (nSPS) is 17.7. The Morgan fingerprint density at radius 3 is 2.53 bits per heavy atom. The number of alkyl halides is 3. The third-order valence-corrected chi connectivity index (χ3v) is 7.61. The molecular weight excluding hydrogens is 473 g/mol. The average molecular weight is 501 g/mol. The van der Waals surface area contributed by atoms with Crippen LogP contribution in [0.1, 0.15) is 42.6 Å². The fourth-order valence-corrected chi connectivity index (χ4v) is 5.47. The largest absolute Gasteiger partial charge is 0.465 e. The van der Waals surface area contributed by atoms with Gasteiger partial charge in [-0.15, -0.1) is 0 Å². The van der Waals surface area contributed by atoms with Gasteiger partial charge in [0.15, 0.2) is 0 Å². The SMILES string of the molecule is Cc1onc(-c2ccccc2)c1CN(C(=O)O)C1CC2(CCN(c3cc(C(F)(F)F)ccn3)CC2)C1. The molecule has 36 heavy (non-hydrogen) atoms. The molecule has 1 aliphatic carbocycles. The third kappa shape index (κ3) is 4.64. The molecule has 7 nitrogen and oxygen atoms in total. The molecule has 0 radical (unpaired) electrons. The summed E-state index contributed by atoms with van der Waals surface area (Å²) in [5.74, 6) is 0.926. The Labute approximate surface area is 206 Å². The van der Waals surface area contributed by atoms with Gasteiger partial charge in [-0.25, -0.2) is 9.78 Å². The van der Waals surface area contributed by atoms with Crippen LogP contribution < -0.4 is 4.90 Å². The second-order valence-corrected chi connectivity index (χ2v) is 9.79.